The van der Waals surface area contributed by atoms with E-state index in [4.69, 9.17) is 12.2 Å². The topological polar surface area (TPSA) is 20.3 Å². The summed E-state index contributed by atoms with van der Waals surface area (Å²) in [6.45, 7) is 14.6. The van der Waals surface area contributed by atoms with Crippen molar-refractivity contribution < 1.29 is 4.79 Å². The smallest absolute Gasteiger partial charge is 0.188 e. The van der Waals surface area contributed by atoms with Crippen LogP contribution in [0.1, 0.15) is 31.1 Å². The van der Waals surface area contributed by atoms with E-state index in [9.17, 15) is 4.79 Å². The minimum Gasteiger partial charge on any atom is -0.363 e. The fourth-order valence-corrected chi connectivity index (χ4v) is 6.00. The Morgan fingerprint density at radius 2 is 1.59 bits per heavy atom. The highest BCUT2D eigenvalue weighted by Crippen LogP contribution is 2.24. The van der Waals surface area contributed by atoms with Gasteiger partial charge in [0, 0.05) is 18.7 Å². The van der Waals surface area contributed by atoms with E-state index in [1.807, 2.05) is 37.3 Å². The number of likely N-dealkylation sites (N-methyl/N-ethyl adjacent to an activating group) is 1. The minimum atomic E-state index is -1.73. The van der Waals surface area contributed by atoms with Crippen molar-refractivity contribution in [3.63, 3.8) is 0 Å². The van der Waals surface area contributed by atoms with Gasteiger partial charge in [0.25, 0.3) is 0 Å². The monoisotopic (exact) mass is 333 g/mol. The van der Waals surface area contributed by atoms with Crippen molar-refractivity contribution in [2.45, 2.75) is 40.4 Å². The number of Topliss-reactive ketones (excluding diaryl/α,β-unsaturated/α-hetero) is 1. The van der Waals surface area contributed by atoms with Crippen LogP contribution in [0, 0.1) is 0 Å². The normalized spacial score (nSPS) is 12.6. The third kappa shape index (κ3) is 4.37. The van der Waals surface area contributed by atoms with Crippen molar-refractivity contribution in [3.05, 3.63) is 46.7 Å². The number of hydrogen-bond acceptors (Lipinski definition) is 2. The van der Waals surface area contributed by atoms with Gasteiger partial charge >= 0.3 is 0 Å². The van der Waals surface area contributed by atoms with Crippen LogP contribution >= 0.6 is 12.2 Å². The number of allylic oxidation sites excluding steroid dienone is 1. The number of benzene rings is 1. The molecule has 0 aliphatic rings. The lowest BCUT2D eigenvalue weighted by Crippen LogP contribution is -2.40. The number of carbonyl (C=O) groups is 1. The summed E-state index contributed by atoms with van der Waals surface area (Å²) >= 11 is 5.74. The average Bonchev–Trinajstić information content (AvgIpc) is 2.47. The molecule has 0 saturated carbocycles. The molecule has 1 rings (SSSR count). The first kappa shape index (κ1) is 18.8. The second-order valence-corrected chi connectivity index (χ2v) is 11.8. The van der Waals surface area contributed by atoms with Crippen LogP contribution in [0.15, 0.2) is 41.1 Å². The van der Waals surface area contributed by atoms with Crippen molar-refractivity contribution in [2.75, 3.05) is 13.1 Å². The zero-order valence-electron chi connectivity index (χ0n) is 14.6. The summed E-state index contributed by atoms with van der Waals surface area (Å²) in [6, 6.07) is 9.47. The van der Waals surface area contributed by atoms with Gasteiger partial charge in [-0.05, 0) is 31.5 Å². The lowest BCUT2D eigenvalue weighted by Gasteiger charge is -2.31. The average molecular weight is 334 g/mol. The van der Waals surface area contributed by atoms with Gasteiger partial charge in [0.15, 0.2) is 5.78 Å². The van der Waals surface area contributed by atoms with Gasteiger partial charge in [-0.25, -0.2) is 0 Å². The third-order valence-corrected chi connectivity index (χ3v) is 6.52. The van der Waals surface area contributed by atoms with Crippen LogP contribution in [0.4, 0.5) is 0 Å². The van der Waals surface area contributed by atoms with Crippen LogP contribution in [-0.2, 0) is 0 Å². The third-order valence-electron chi connectivity index (χ3n) is 3.77. The molecule has 1 aromatic carbocycles. The predicted molar refractivity (Wildman–Crippen MR) is 102 cm³/mol. The van der Waals surface area contributed by atoms with Crippen molar-refractivity contribution in [3.8, 4) is 0 Å². The highest BCUT2D eigenvalue weighted by Gasteiger charge is 2.29. The first-order chi connectivity index (χ1) is 10.2. The van der Waals surface area contributed by atoms with Gasteiger partial charge in [-0.3, -0.25) is 4.79 Å². The number of nitrogens with zero attached hydrogens (tertiary/aromatic N) is 1. The summed E-state index contributed by atoms with van der Waals surface area (Å²) in [4.78, 5) is 15.8. The van der Waals surface area contributed by atoms with Crippen molar-refractivity contribution in [1.29, 1.82) is 0 Å². The van der Waals surface area contributed by atoms with E-state index in [-0.39, 0.29) is 5.78 Å². The molecule has 0 aliphatic heterocycles. The highest BCUT2D eigenvalue weighted by molar-refractivity contribution is 7.81. The van der Waals surface area contributed by atoms with Crippen LogP contribution < -0.4 is 0 Å². The van der Waals surface area contributed by atoms with Crippen molar-refractivity contribution in [2.24, 2.45) is 0 Å². The van der Waals surface area contributed by atoms with Gasteiger partial charge in [-0.15, -0.1) is 0 Å². The molecule has 0 N–H and O–H groups in total. The lowest BCUT2D eigenvalue weighted by molar-refractivity contribution is 0.103. The van der Waals surface area contributed by atoms with Gasteiger partial charge < -0.3 is 4.90 Å². The van der Waals surface area contributed by atoms with E-state index in [1.165, 1.54) is 0 Å². The maximum Gasteiger partial charge on any atom is 0.188 e. The lowest BCUT2D eigenvalue weighted by atomic mass is 10.0. The highest BCUT2D eigenvalue weighted by atomic mass is 32.1. The quantitative estimate of drug-likeness (QED) is 0.325. The molecule has 120 valence electrons. The van der Waals surface area contributed by atoms with E-state index in [0.29, 0.717) is 0 Å². The zero-order chi connectivity index (χ0) is 16.9. The van der Waals surface area contributed by atoms with Crippen LogP contribution in [0.3, 0.4) is 0 Å². The van der Waals surface area contributed by atoms with E-state index in [2.05, 4.69) is 38.4 Å². The molecular formula is C18H27NOSSi. The number of thiocarbonyl (C=S) groups is 1. The van der Waals surface area contributed by atoms with E-state index in [0.717, 1.165) is 34.4 Å². The summed E-state index contributed by atoms with van der Waals surface area (Å²) in [7, 11) is -1.73. The maximum absolute atomic E-state index is 12.8. The van der Waals surface area contributed by atoms with Crippen molar-refractivity contribution in [1.82, 2.24) is 4.90 Å². The Labute approximate surface area is 141 Å². The Kier molecular flexibility index (Phi) is 6.69. The Hall–Kier alpha value is -1.26. The first-order valence-electron chi connectivity index (χ1n) is 7.84. The summed E-state index contributed by atoms with van der Waals surface area (Å²) in [5, 5.41) is 1.11. The molecule has 1 aromatic rings. The van der Waals surface area contributed by atoms with Crippen LogP contribution in [0.5, 0.6) is 0 Å². The fraction of sp³-hybridized carbons (Fsp3) is 0.444. The number of hydrogen-bond donors (Lipinski definition) is 0. The predicted octanol–water partition coefficient (Wildman–Crippen LogP) is 4.73. The van der Waals surface area contributed by atoms with Gasteiger partial charge in [0.05, 0.1) is 8.07 Å². The Balaban J connectivity index is 3.37. The molecule has 0 radical (unpaired) electrons. The summed E-state index contributed by atoms with van der Waals surface area (Å²) in [5.74, 6) is 0.0903. The summed E-state index contributed by atoms with van der Waals surface area (Å²) in [5.41, 5.74) is 1.54. The molecular weight excluding hydrogens is 306 g/mol. The zero-order valence-corrected chi connectivity index (χ0v) is 16.4. The van der Waals surface area contributed by atoms with Crippen LogP contribution in [0.2, 0.25) is 19.6 Å². The molecule has 4 heteroatoms. The fourth-order valence-electron chi connectivity index (χ4n) is 2.63. The van der Waals surface area contributed by atoms with E-state index in [1.54, 1.807) is 0 Å². The molecule has 0 heterocycles. The standard InChI is InChI=1S/C18H27NOSSi/c1-7-19(8-2)18(21)17(22(4,5)6)14(3)16(20)15-12-10-9-11-13-15/h9-13H,7-8H2,1-6H3/b17-14+. The minimum absolute atomic E-state index is 0.0903. The first-order valence-corrected chi connectivity index (χ1v) is 11.7. The molecule has 0 unspecified atom stereocenters. The molecule has 22 heavy (non-hydrogen) atoms. The van der Waals surface area contributed by atoms with Gasteiger partial charge in [0.2, 0.25) is 0 Å². The molecule has 0 aromatic heterocycles. The largest absolute Gasteiger partial charge is 0.363 e. The van der Waals surface area contributed by atoms with Gasteiger partial charge in [-0.1, -0.05) is 62.2 Å². The molecule has 0 spiro atoms. The van der Waals surface area contributed by atoms with Gasteiger partial charge in [0.1, 0.15) is 4.99 Å². The van der Waals surface area contributed by atoms with E-state index < -0.39 is 8.07 Å². The second-order valence-electron chi connectivity index (χ2n) is 6.42. The molecule has 2 nitrogen and oxygen atoms in total. The molecule has 0 amide bonds. The molecule has 0 aliphatic carbocycles. The Morgan fingerprint density at radius 1 is 1.09 bits per heavy atom. The Bertz CT molecular complexity index is 568. The van der Waals surface area contributed by atoms with Crippen LogP contribution in [-0.4, -0.2) is 36.8 Å². The van der Waals surface area contributed by atoms with E-state index >= 15 is 0 Å². The SMILES string of the molecule is CCN(CC)C(=S)/C(=C(/C)C(=O)c1ccccc1)[Si](C)(C)C. The second kappa shape index (κ2) is 7.84. The molecule has 0 fully saturated rings. The van der Waals surface area contributed by atoms with Crippen LogP contribution in [0.25, 0.3) is 0 Å². The molecule has 0 saturated heterocycles. The summed E-state index contributed by atoms with van der Waals surface area (Å²) in [6.07, 6.45) is 0. The molecule has 0 bridgehead atoms. The van der Waals surface area contributed by atoms with Gasteiger partial charge in [-0.2, -0.15) is 0 Å². The summed E-state index contributed by atoms with van der Waals surface area (Å²) < 4.78 is 0. The van der Waals surface area contributed by atoms with Crippen molar-refractivity contribution >= 4 is 31.1 Å². The Morgan fingerprint density at radius 3 is 2.00 bits per heavy atom. The number of carbonyl (C=O) groups excluding carboxylic acids is 1. The number of ketones is 1. The molecule has 0 atom stereocenters. The maximum atomic E-state index is 12.8. The number of rotatable bonds is 6.